The van der Waals surface area contributed by atoms with Gasteiger partial charge in [0.05, 0.1) is 10.2 Å². The summed E-state index contributed by atoms with van der Waals surface area (Å²) in [6.45, 7) is 0. The van der Waals surface area contributed by atoms with Crippen LogP contribution in [0.2, 0.25) is 0 Å². The van der Waals surface area contributed by atoms with Crippen LogP contribution >= 0.6 is 22.7 Å². The SMILES string of the molecule is N#CC(C#N)=c1s/c(=C\c2ccsc2)c(=O)n1-c1ccccc1. The molecule has 0 aliphatic rings. The van der Waals surface area contributed by atoms with Gasteiger partial charge in [-0.05, 0) is 40.6 Å². The predicted octanol–water partition coefficient (Wildman–Crippen LogP) is 1.99. The van der Waals surface area contributed by atoms with Crippen molar-refractivity contribution >= 4 is 34.3 Å². The van der Waals surface area contributed by atoms with Crippen molar-refractivity contribution < 1.29 is 0 Å². The van der Waals surface area contributed by atoms with Gasteiger partial charge in [-0.3, -0.25) is 9.36 Å². The van der Waals surface area contributed by atoms with Gasteiger partial charge in [0.2, 0.25) is 0 Å². The van der Waals surface area contributed by atoms with Crippen LogP contribution in [0.1, 0.15) is 5.56 Å². The quantitative estimate of drug-likeness (QED) is 0.719. The predicted molar refractivity (Wildman–Crippen MR) is 91.7 cm³/mol. The zero-order valence-corrected chi connectivity index (χ0v) is 13.4. The molecule has 23 heavy (non-hydrogen) atoms. The Kier molecular flexibility index (Phi) is 4.20. The largest absolute Gasteiger partial charge is 0.273 e. The number of para-hydroxylation sites is 1. The Bertz CT molecular complexity index is 1080. The maximum absolute atomic E-state index is 12.8. The summed E-state index contributed by atoms with van der Waals surface area (Å²) in [5, 5.41) is 22.2. The zero-order valence-electron chi connectivity index (χ0n) is 11.8. The molecule has 3 aromatic rings. The van der Waals surface area contributed by atoms with E-state index in [4.69, 9.17) is 0 Å². The van der Waals surface area contributed by atoms with E-state index in [0.717, 1.165) is 16.9 Å². The number of thiophene rings is 1. The first-order chi connectivity index (χ1) is 11.2. The lowest BCUT2D eigenvalue weighted by molar-refractivity contribution is 0.988. The van der Waals surface area contributed by atoms with Crippen molar-refractivity contribution in [1.29, 1.82) is 10.5 Å². The summed E-state index contributed by atoms with van der Waals surface area (Å²) in [4.78, 5) is 12.8. The first-order valence-electron chi connectivity index (χ1n) is 6.60. The second-order valence-corrected chi connectivity index (χ2v) is 6.36. The molecular formula is C17H9N3OS2. The molecule has 6 heteroatoms. The molecule has 0 saturated carbocycles. The summed E-state index contributed by atoms with van der Waals surface area (Å²) in [5.41, 5.74) is 1.26. The first kappa shape index (κ1) is 15.0. The maximum Gasteiger partial charge on any atom is 0.273 e. The number of benzene rings is 1. The molecule has 4 nitrogen and oxygen atoms in total. The van der Waals surface area contributed by atoms with Gasteiger partial charge in [0.25, 0.3) is 5.56 Å². The number of hydrogen-bond acceptors (Lipinski definition) is 5. The van der Waals surface area contributed by atoms with Gasteiger partial charge >= 0.3 is 0 Å². The maximum atomic E-state index is 12.8. The fraction of sp³-hybridized carbons (Fsp3) is 0. The number of rotatable bonds is 2. The summed E-state index contributed by atoms with van der Waals surface area (Å²) in [5.74, 6) is 0. The third kappa shape index (κ3) is 2.86. The average molecular weight is 335 g/mol. The molecule has 1 aromatic carbocycles. The monoisotopic (exact) mass is 335 g/mol. The molecule has 0 aliphatic carbocycles. The van der Waals surface area contributed by atoms with Crippen molar-refractivity contribution in [2.75, 3.05) is 0 Å². The lowest BCUT2D eigenvalue weighted by Crippen LogP contribution is -2.30. The highest BCUT2D eigenvalue weighted by atomic mass is 32.1. The van der Waals surface area contributed by atoms with Crippen LogP contribution in [0, 0.1) is 22.7 Å². The van der Waals surface area contributed by atoms with E-state index in [1.54, 1.807) is 29.5 Å². The van der Waals surface area contributed by atoms with Crippen LogP contribution in [0.3, 0.4) is 0 Å². The van der Waals surface area contributed by atoms with Gasteiger partial charge in [-0.1, -0.05) is 18.2 Å². The molecule has 0 radical (unpaired) electrons. The Morgan fingerprint density at radius 2 is 1.87 bits per heavy atom. The third-order valence-electron chi connectivity index (χ3n) is 3.12. The Balaban J connectivity index is 2.43. The van der Waals surface area contributed by atoms with Crippen molar-refractivity contribution in [2.24, 2.45) is 0 Å². The molecule has 0 fully saturated rings. The fourth-order valence-electron chi connectivity index (χ4n) is 2.09. The van der Waals surface area contributed by atoms with E-state index in [2.05, 4.69) is 0 Å². The van der Waals surface area contributed by atoms with E-state index < -0.39 is 0 Å². The lowest BCUT2D eigenvalue weighted by Gasteiger charge is -2.00. The topological polar surface area (TPSA) is 69.6 Å². The molecule has 2 heterocycles. The van der Waals surface area contributed by atoms with Crippen molar-refractivity contribution in [2.45, 2.75) is 0 Å². The van der Waals surface area contributed by atoms with Crippen LogP contribution in [-0.4, -0.2) is 4.57 Å². The minimum atomic E-state index is -0.231. The molecule has 2 aromatic heterocycles. The second kappa shape index (κ2) is 6.45. The molecule has 110 valence electrons. The highest BCUT2D eigenvalue weighted by molar-refractivity contribution is 7.08. The van der Waals surface area contributed by atoms with Crippen molar-refractivity contribution in [3.63, 3.8) is 0 Å². The summed E-state index contributed by atoms with van der Waals surface area (Å²) in [6, 6.07) is 14.7. The number of thiazole rings is 1. The van der Waals surface area contributed by atoms with Gasteiger partial charge in [0.1, 0.15) is 16.8 Å². The third-order valence-corrected chi connectivity index (χ3v) is 4.91. The Morgan fingerprint density at radius 3 is 2.48 bits per heavy atom. The molecule has 0 saturated heterocycles. The molecule has 0 N–H and O–H groups in total. The van der Waals surface area contributed by atoms with E-state index >= 15 is 0 Å². The Labute approximate surface area is 139 Å². The number of nitriles is 2. The Morgan fingerprint density at radius 1 is 1.13 bits per heavy atom. The molecule has 0 aliphatic heterocycles. The molecule has 0 amide bonds. The van der Waals surface area contributed by atoms with Crippen molar-refractivity contribution in [3.8, 4) is 17.8 Å². The minimum absolute atomic E-state index is 0.0686. The van der Waals surface area contributed by atoms with Crippen molar-refractivity contribution in [3.05, 3.63) is 72.3 Å². The van der Waals surface area contributed by atoms with Gasteiger partial charge in [-0.2, -0.15) is 21.9 Å². The van der Waals surface area contributed by atoms with Gasteiger partial charge in [0.15, 0.2) is 5.57 Å². The zero-order chi connectivity index (χ0) is 16.2. The highest BCUT2D eigenvalue weighted by Crippen LogP contribution is 2.07. The van der Waals surface area contributed by atoms with E-state index in [1.165, 1.54) is 4.57 Å². The van der Waals surface area contributed by atoms with Crippen LogP contribution in [0.5, 0.6) is 0 Å². The number of aromatic nitrogens is 1. The lowest BCUT2D eigenvalue weighted by atomic mass is 10.3. The van der Waals surface area contributed by atoms with Crippen LogP contribution < -0.4 is 14.8 Å². The number of nitrogens with zero attached hydrogens (tertiary/aromatic N) is 3. The smallest absolute Gasteiger partial charge is 0.267 e. The van der Waals surface area contributed by atoms with Gasteiger partial charge < -0.3 is 0 Å². The summed E-state index contributed by atoms with van der Waals surface area (Å²) in [7, 11) is 0. The van der Waals surface area contributed by atoms with E-state index in [9.17, 15) is 15.3 Å². The van der Waals surface area contributed by atoms with E-state index in [0.29, 0.717) is 14.9 Å². The van der Waals surface area contributed by atoms with Gasteiger partial charge in [0, 0.05) is 0 Å². The fourth-order valence-corrected chi connectivity index (χ4v) is 3.76. The standard InChI is InChI=1S/C17H9N3OS2/c18-9-13(10-19)17-20(14-4-2-1-3-5-14)16(21)15(23-17)8-12-6-7-22-11-12/h1-8,11H/b15-8-. The average Bonchev–Trinajstić information content (AvgIpc) is 3.19. The number of hydrogen-bond donors (Lipinski definition) is 0. The molecule has 0 atom stereocenters. The molecule has 0 unspecified atom stereocenters. The van der Waals surface area contributed by atoms with Gasteiger partial charge in [-0.25, -0.2) is 0 Å². The summed E-state index contributed by atoms with van der Waals surface area (Å²) in [6.07, 6.45) is 1.78. The summed E-state index contributed by atoms with van der Waals surface area (Å²) >= 11 is 2.70. The first-order valence-corrected chi connectivity index (χ1v) is 8.36. The van der Waals surface area contributed by atoms with Crippen molar-refractivity contribution in [1.82, 2.24) is 4.57 Å². The minimum Gasteiger partial charge on any atom is -0.267 e. The molecule has 0 spiro atoms. The molecule has 3 rings (SSSR count). The van der Waals surface area contributed by atoms with Crippen LogP contribution in [-0.2, 0) is 0 Å². The molecule has 0 bridgehead atoms. The van der Waals surface area contributed by atoms with Crippen LogP contribution in [0.25, 0.3) is 17.3 Å². The van der Waals surface area contributed by atoms with Crippen LogP contribution in [0.15, 0.2) is 52.0 Å². The van der Waals surface area contributed by atoms with Gasteiger partial charge in [-0.15, -0.1) is 11.3 Å². The highest BCUT2D eigenvalue weighted by Gasteiger charge is 2.10. The van der Waals surface area contributed by atoms with Crippen LogP contribution in [0.4, 0.5) is 0 Å². The summed E-state index contributed by atoms with van der Waals surface area (Å²) < 4.78 is 2.27. The Hall–Kier alpha value is -2.93. The second-order valence-electron chi connectivity index (χ2n) is 4.55. The van der Waals surface area contributed by atoms with E-state index in [1.807, 2.05) is 47.2 Å². The van der Waals surface area contributed by atoms with E-state index in [-0.39, 0.29) is 11.1 Å². The molecular weight excluding hydrogens is 326 g/mol. The normalized spacial score (nSPS) is 11.0.